The Bertz CT molecular complexity index is 961. The standard InChI is InChI=1S/C21H26F3N5O3S/c1-32-19(31)12-26-18(30)13-33-20-28-27-17(29(20)16-8-3-2-4-9-16)11-25-15-7-5-6-14(10-15)21(22,23)24/h5-7,10,16,25H,2-4,8-9,11-13H2,1H3,(H,26,30). The van der Waals surface area contributed by atoms with E-state index in [1.54, 1.807) is 6.07 Å². The summed E-state index contributed by atoms with van der Waals surface area (Å²) >= 11 is 1.21. The first-order chi connectivity index (χ1) is 15.8. The molecule has 0 atom stereocenters. The van der Waals surface area contributed by atoms with Crippen LogP contribution < -0.4 is 10.6 Å². The molecule has 1 heterocycles. The number of thioether (sulfide) groups is 1. The molecule has 1 aromatic carbocycles. The Labute approximate surface area is 193 Å². The number of benzene rings is 1. The van der Waals surface area contributed by atoms with E-state index < -0.39 is 17.7 Å². The Hall–Kier alpha value is -2.76. The van der Waals surface area contributed by atoms with Gasteiger partial charge in [-0.25, -0.2) is 0 Å². The number of aromatic nitrogens is 3. The van der Waals surface area contributed by atoms with Crippen molar-refractivity contribution in [3.63, 3.8) is 0 Å². The molecule has 8 nitrogen and oxygen atoms in total. The van der Waals surface area contributed by atoms with Crippen molar-refractivity contribution in [3.05, 3.63) is 35.7 Å². The van der Waals surface area contributed by atoms with Crippen LogP contribution in [0.3, 0.4) is 0 Å². The normalized spacial score (nSPS) is 14.7. The van der Waals surface area contributed by atoms with Crippen molar-refractivity contribution in [1.29, 1.82) is 0 Å². The zero-order valence-electron chi connectivity index (χ0n) is 18.2. The van der Waals surface area contributed by atoms with Crippen molar-refractivity contribution in [1.82, 2.24) is 20.1 Å². The fourth-order valence-electron chi connectivity index (χ4n) is 3.64. The number of esters is 1. The average molecular weight is 486 g/mol. The Morgan fingerprint density at radius 1 is 1.21 bits per heavy atom. The molecule has 3 rings (SSSR count). The van der Waals surface area contributed by atoms with Crippen LogP contribution in [0.5, 0.6) is 0 Å². The number of amides is 1. The summed E-state index contributed by atoms with van der Waals surface area (Å²) in [4.78, 5) is 23.2. The van der Waals surface area contributed by atoms with E-state index in [0.717, 1.165) is 44.2 Å². The molecule has 33 heavy (non-hydrogen) atoms. The highest BCUT2D eigenvalue weighted by Crippen LogP contribution is 2.33. The second-order valence-corrected chi connectivity index (χ2v) is 8.58. The van der Waals surface area contributed by atoms with Crippen LogP contribution in [0.1, 0.15) is 49.5 Å². The lowest BCUT2D eigenvalue weighted by Gasteiger charge is -2.25. The van der Waals surface area contributed by atoms with Crippen molar-refractivity contribution in [2.45, 2.75) is 56.0 Å². The molecule has 1 aliphatic rings. The second-order valence-electron chi connectivity index (χ2n) is 7.63. The van der Waals surface area contributed by atoms with E-state index in [1.807, 2.05) is 4.57 Å². The van der Waals surface area contributed by atoms with Crippen LogP contribution in [0.4, 0.5) is 18.9 Å². The number of carbonyl (C=O) groups excluding carboxylic acids is 2. The van der Waals surface area contributed by atoms with E-state index in [0.29, 0.717) is 16.7 Å². The fourth-order valence-corrected chi connectivity index (χ4v) is 4.50. The zero-order chi connectivity index (χ0) is 23.8. The summed E-state index contributed by atoms with van der Waals surface area (Å²) in [7, 11) is 1.24. The molecule has 2 N–H and O–H groups in total. The number of nitrogens with one attached hydrogen (secondary N) is 2. The average Bonchev–Trinajstić information content (AvgIpc) is 3.22. The first-order valence-electron chi connectivity index (χ1n) is 10.6. The lowest BCUT2D eigenvalue weighted by molar-refractivity contribution is -0.141. The van der Waals surface area contributed by atoms with Gasteiger partial charge in [-0.2, -0.15) is 13.2 Å². The summed E-state index contributed by atoms with van der Waals surface area (Å²) in [6, 6.07) is 5.16. The van der Waals surface area contributed by atoms with Gasteiger partial charge in [-0.1, -0.05) is 37.1 Å². The largest absolute Gasteiger partial charge is 0.468 e. The molecule has 1 aromatic heterocycles. The second kappa shape index (κ2) is 11.4. The number of ether oxygens (including phenoxy) is 1. The molecule has 0 saturated heterocycles. The molecule has 2 aromatic rings. The summed E-state index contributed by atoms with van der Waals surface area (Å²) in [5, 5.41) is 14.5. The first kappa shape index (κ1) is 24.9. The highest BCUT2D eigenvalue weighted by atomic mass is 32.2. The van der Waals surface area contributed by atoms with Crippen LogP contribution in [0.15, 0.2) is 29.4 Å². The third-order valence-electron chi connectivity index (χ3n) is 5.31. The van der Waals surface area contributed by atoms with Gasteiger partial charge in [-0.15, -0.1) is 10.2 Å². The first-order valence-corrected chi connectivity index (χ1v) is 11.6. The number of hydrogen-bond acceptors (Lipinski definition) is 7. The predicted octanol–water partition coefficient (Wildman–Crippen LogP) is 3.80. The third kappa shape index (κ3) is 7.11. The topological polar surface area (TPSA) is 98.1 Å². The van der Waals surface area contributed by atoms with Gasteiger partial charge in [-0.05, 0) is 31.0 Å². The quantitative estimate of drug-likeness (QED) is 0.412. The van der Waals surface area contributed by atoms with E-state index in [9.17, 15) is 22.8 Å². The molecule has 1 fully saturated rings. The molecule has 180 valence electrons. The van der Waals surface area contributed by atoms with Crippen LogP contribution in [-0.2, 0) is 27.0 Å². The summed E-state index contributed by atoms with van der Waals surface area (Å²) in [5.74, 6) is -0.242. The van der Waals surface area contributed by atoms with Crippen LogP contribution in [0.25, 0.3) is 0 Å². The van der Waals surface area contributed by atoms with E-state index in [1.165, 1.54) is 24.9 Å². The van der Waals surface area contributed by atoms with Gasteiger partial charge in [0.15, 0.2) is 11.0 Å². The number of alkyl halides is 3. The van der Waals surface area contributed by atoms with Gasteiger partial charge in [-0.3, -0.25) is 9.59 Å². The molecule has 1 saturated carbocycles. The number of carbonyl (C=O) groups is 2. The summed E-state index contributed by atoms with van der Waals surface area (Å²) in [6.45, 7) is -0.0166. The lowest BCUT2D eigenvalue weighted by Crippen LogP contribution is -2.31. The van der Waals surface area contributed by atoms with Gasteiger partial charge in [0.2, 0.25) is 5.91 Å². The Balaban J connectivity index is 1.70. The van der Waals surface area contributed by atoms with Gasteiger partial charge in [0, 0.05) is 11.7 Å². The predicted molar refractivity (Wildman–Crippen MR) is 117 cm³/mol. The number of methoxy groups -OCH3 is 1. The molecule has 0 aliphatic heterocycles. The van der Waals surface area contributed by atoms with Gasteiger partial charge in [0.05, 0.1) is 25.0 Å². The van der Waals surface area contributed by atoms with Gasteiger partial charge < -0.3 is 19.9 Å². The van der Waals surface area contributed by atoms with E-state index in [-0.39, 0.29) is 30.8 Å². The van der Waals surface area contributed by atoms with Crippen molar-refractivity contribution in [3.8, 4) is 0 Å². The van der Waals surface area contributed by atoms with Gasteiger partial charge >= 0.3 is 12.1 Å². The zero-order valence-corrected chi connectivity index (χ0v) is 19.0. The van der Waals surface area contributed by atoms with E-state index >= 15 is 0 Å². The molecule has 1 amide bonds. The third-order valence-corrected chi connectivity index (χ3v) is 6.25. The highest BCUT2D eigenvalue weighted by Gasteiger charge is 2.30. The molecular formula is C21H26F3N5O3S. The van der Waals surface area contributed by atoms with Crippen molar-refractivity contribution < 1.29 is 27.5 Å². The minimum Gasteiger partial charge on any atom is -0.468 e. The van der Waals surface area contributed by atoms with Crippen LogP contribution >= 0.6 is 11.8 Å². The van der Waals surface area contributed by atoms with Crippen LogP contribution in [0.2, 0.25) is 0 Å². The Kier molecular flexibility index (Phi) is 8.59. The minimum absolute atomic E-state index is 0.0445. The molecule has 12 heteroatoms. The van der Waals surface area contributed by atoms with E-state index in [4.69, 9.17) is 0 Å². The molecule has 0 unspecified atom stereocenters. The summed E-state index contributed by atoms with van der Waals surface area (Å²) in [5.41, 5.74) is -0.394. The maximum atomic E-state index is 13.0. The van der Waals surface area contributed by atoms with Crippen LogP contribution in [0, 0.1) is 0 Å². The fraction of sp³-hybridized carbons (Fsp3) is 0.524. The lowest BCUT2D eigenvalue weighted by atomic mass is 9.95. The minimum atomic E-state index is -4.42. The van der Waals surface area contributed by atoms with Crippen molar-refractivity contribution in [2.75, 3.05) is 24.7 Å². The number of halogens is 3. The number of anilines is 1. The summed E-state index contributed by atoms with van der Waals surface area (Å²) < 4.78 is 45.5. The molecule has 0 spiro atoms. The molecule has 0 bridgehead atoms. The SMILES string of the molecule is COC(=O)CNC(=O)CSc1nnc(CNc2cccc(C(F)(F)F)c2)n1C1CCCCC1. The molecule has 0 radical (unpaired) electrons. The van der Waals surface area contributed by atoms with E-state index in [2.05, 4.69) is 25.6 Å². The maximum Gasteiger partial charge on any atom is 0.416 e. The van der Waals surface area contributed by atoms with Crippen molar-refractivity contribution >= 4 is 29.3 Å². The summed E-state index contributed by atoms with van der Waals surface area (Å²) in [6.07, 6.45) is 0.737. The smallest absolute Gasteiger partial charge is 0.416 e. The highest BCUT2D eigenvalue weighted by molar-refractivity contribution is 7.99. The molecule has 1 aliphatic carbocycles. The van der Waals surface area contributed by atoms with Gasteiger partial charge in [0.25, 0.3) is 0 Å². The maximum absolute atomic E-state index is 13.0. The van der Waals surface area contributed by atoms with Gasteiger partial charge in [0.1, 0.15) is 6.54 Å². The monoisotopic (exact) mass is 485 g/mol. The molecular weight excluding hydrogens is 459 g/mol. The Morgan fingerprint density at radius 3 is 2.67 bits per heavy atom. The van der Waals surface area contributed by atoms with Crippen LogP contribution in [-0.4, -0.2) is 46.0 Å². The van der Waals surface area contributed by atoms with Crippen molar-refractivity contribution in [2.24, 2.45) is 0 Å². The number of nitrogens with zero attached hydrogens (tertiary/aromatic N) is 3. The number of rotatable bonds is 9. The Morgan fingerprint density at radius 2 is 1.97 bits per heavy atom. The number of hydrogen-bond donors (Lipinski definition) is 2.